The molecule has 3 heteroatoms. The molecule has 0 aromatic carbocycles. The van der Waals surface area contributed by atoms with Crippen LogP contribution >= 0.6 is 0 Å². The number of rotatable bonds is 4. The van der Waals surface area contributed by atoms with E-state index < -0.39 is 0 Å². The van der Waals surface area contributed by atoms with Crippen molar-refractivity contribution >= 4 is 5.97 Å². The number of carbonyl (C=O) groups is 1. The molecule has 0 heterocycles. The zero-order valence-electron chi connectivity index (χ0n) is 9.12. The topological polar surface area (TPSA) is 35.5 Å². The summed E-state index contributed by atoms with van der Waals surface area (Å²) in [5, 5.41) is 0. The molecule has 0 unspecified atom stereocenters. The van der Waals surface area contributed by atoms with Gasteiger partial charge < -0.3 is 9.47 Å². The van der Waals surface area contributed by atoms with Crippen LogP contribution in [0, 0.1) is 11.8 Å². The standard InChI is InChI=1S/C11H20O3/c1-13-8-10(11(12)14-2)9-6-4-3-5-7-9/h9-10H,3-8H2,1-2H3/t10-/m0/s1. The predicted octanol–water partition coefficient (Wildman–Crippen LogP) is 2.00. The fraction of sp³-hybridized carbons (Fsp3) is 0.909. The van der Waals surface area contributed by atoms with E-state index in [1.807, 2.05) is 0 Å². The van der Waals surface area contributed by atoms with Gasteiger partial charge in [-0.1, -0.05) is 19.3 Å². The highest BCUT2D eigenvalue weighted by Crippen LogP contribution is 2.30. The quantitative estimate of drug-likeness (QED) is 0.651. The van der Waals surface area contributed by atoms with Gasteiger partial charge in [-0.25, -0.2) is 0 Å². The zero-order valence-corrected chi connectivity index (χ0v) is 9.12. The van der Waals surface area contributed by atoms with E-state index in [4.69, 9.17) is 9.47 Å². The van der Waals surface area contributed by atoms with E-state index in [1.54, 1.807) is 7.11 Å². The molecule has 0 aromatic rings. The first kappa shape index (κ1) is 11.5. The molecule has 3 nitrogen and oxygen atoms in total. The largest absolute Gasteiger partial charge is 0.469 e. The maximum atomic E-state index is 11.5. The van der Waals surface area contributed by atoms with E-state index >= 15 is 0 Å². The highest BCUT2D eigenvalue weighted by Gasteiger charge is 2.29. The summed E-state index contributed by atoms with van der Waals surface area (Å²) in [6.07, 6.45) is 6.06. The number of carbonyl (C=O) groups excluding carboxylic acids is 1. The Hall–Kier alpha value is -0.570. The van der Waals surface area contributed by atoms with Gasteiger partial charge in [-0.3, -0.25) is 4.79 Å². The lowest BCUT2D eigenvalue weighted by molar-refractivity contribution is -0.150. The molecule has 0 amide bonds. The minimum atomic E-state index is -0.112. The molecule has 0 spiro atoms. The smallest absolute Gasteiger partial charge is 0.311 e. The highest BCUT2D eigenvalue weighted by molar-refractivity contribution is 5.72. The van der Waals surface area contributed by atoms with Crippen LogP contribution in [0.2, 0.25) is 0 Å². The summed E-state index contributed by atoms with van der Waals surface area (Å²) in [7, 11) is 3.09. The lowest BCUT2D eigenvalue weighted by Gasteiger charge is -2.27. The first-order chi connectivity index (χ1) is 6.79. The van der Waals surface area contributed by atoms with Crippen LogP contribution in [0.4, 0.5) is 0 Å². The maximum absolute atomic E-state index is 11.5. The van der Waals surface area contributed by atoms with Crippen LogP contribution in [0.15, 0.2) is 0 Å². The Morgan fingerprint density at radius 1 is 1.29 bits per heavy atom. The average molecular weight is 200 g/mol. The van der Waals surface area contributed by atoms with Crippen LogP contribution in [0.3, 0.4) is 0 Å². The minimum absolute atomic E-state index is 0.0506. The second-order valence-electron chi connectivity index (χ2n) is 3.98. The maximum Gasteiger partial charge on any atom is 0.311 e. The van der Waals surface area contributed by atoms with Crippen LogP contribution in [-0.4, -0.2) is 26.8 Å². The monoisotopic (exact) mass is 200 g/mol. The van der Waals surface area contributed by atoms with Gasteiger partial charge >= 0.3 is 5.97 Å². The minimum Gasteiger partial charge on any atom is -0.469 e. The molecule has 14 heavy (non-hydrogen) atoms. The summed E-state index contributed by atoms with van der Waals surface area (Å²) >= 11 is 0. The third-order valence-corrected chi connectivity index (χ3v) is 3.07. The Labute approximate surface area is 85.8 Å². The van der Waals surface area contributed by atoms with Crippen molar-refractivity contribution in [2.45, 2.75) is 32.1 Å². The van der Waals surface area contributed by atoms with Gasteiger partial charge in [0.15, 0.2) is 0 Å². The molecule has 1 rings (SSSR count). The van der Waals surface area contributed by atoms with E-state index in [2.05, 4.69) is 0 Å². The van der Waals surface area contributed by atoms with E-state index in [-0.39, 0.29) is 11.9 Å². The summed E-state index contributed by atoms with van der Waals surface area (Å²) in [5.74, 6) is 0.306. The zero-order chi connectivity index (χ0) is 10.4. The van der Waals surface area contributed by atoms with Crippen LogP contribution < -0.4 is 0 Å². The van der Waals surface area contributed by atoms with Gasteiger partial charge in [0.1, 0.15) is 0 Å². The predicted molar refractivity (Wildman–Crippen MR) is 54.0 cm³/mol. The molecule has 1 fully saturated rings. The van der Waals surface area contributed by atoms with Crippen molar-refractivity contribution in [1.82, 2.24) is 0 Å². The molecule has 0 N–H and O–H groups in total. The summed E-state index contributed by atoms with van der Waals surface area (Å²) in [6.45, 7) is 0.497. The lowest BCUT2D eigenvalue weighted by Crippen LogP contribution is -2.30. The second kappa shape index (κ2) is 6.02. The molecular weight excluding hydrogens is 180 g/mol. The number of esters is 1. The van der Waals surface area contributed by atoms with E-state index in [0.717, 1.165) is 12.8 Å². The first-order valence-corrected chi connectivity index (χ1v) is 5.36. The number of hydrogen-bond acceptors (Lipinski definition) is 3. The fourth-order valence-electron chi connectivity index (χ4n) is 2.26. The Kier molecular flexibility index (Phi) is 4.94. The number of ether oxygens (including phenoxy) is 2. The van der Waals surface area contributed by atoms with Crippen molar-refractivity contribution in [2.75, 3.05) is 20.8 Å². The van der Waals surface area contributed by atoms with Gasteiger partial charge in [0.25, 0.3) is 0 Å². The van der Waals surface area contributed by atoms with Crippen LogP contribution in [0.1, 0.15) is 32.1 Å². The molecule has 0 aliphatic heterocycles. The summed E-state index contributed by atoms with van der Waals surface area (Å²) in [4.78, 5) is 11.5. The third kappa shape index (κ3) is 2.98. The molecule has 0 aromatic heterocycles. The highest BCUT2D eigenvalue weighted by atomic mass is 16.5. The first-order valence-electron chi connectivity index (χ1n) is 5.36. The molecule has 0 bridgehead atoms. The Bertz CT molecular complexity index is 173. The summed E-state index contributed by atoms with van der Waals surface area (Å²) in [5.41, 5.74) is 0. The van der Waals surface area contributed by atoms with Crippen molar-refractivity contribution in [3.63, 3.8) is 0 Å². The molecule has 1 aliphatic carbocycles. The third-order valence-electron chi connectivity index (χ3n) is 3.07. The van der Waals surface area contributed by atoms with Gasteiger partial charge in [0, 0.05) is 7.11 Å². The average Bonchev–Trinajstić information content (AvgIpc) is 2.26. The molecule has 1 atom stereocenters. The van der Waals surface area contributed by atoms with Gasteiger partial charge in [0.05, 0.1) is 19.6 Å². The van der Waals surface area contributed by atoms with Gasteiger partial charge in [-0.15, -0.1) is 0 Å². The molecular formula is C11H20O3. The van der Waals surface area contributed by atoms with Crippen molar-refractivity contribution in [2.24, 2.45) is 11.8 Å². The van der Waals surface area contributed by atoms with E-state index in [9.17, 15) is 4.79 Å². The molecule has 82 valence electrons. The van der Waals surface area contributed by atoms with Crippen LogP contribution in [0.25, 0.3) is 0 Å². The van der Waals surface area contributed by atoms with Crippen molar-refractivity contribution in [3.05, 3.63) is 0 Å². The van der Waals surface area contributed by atoms with Gasteiger partial charge in [-0.05, 0) is 18.8 Å². The molecule has 0 radical (unpaired) electrons. The number of hydrogen-bond donors (Lipinski definition) is 0. The van der Waals surface area contributed by atoms with Crippen LogP contribution in [-0.2, 0) is 14.3 Å². The van der Waals surface area contributed by atoms with Crippen molar-refractivity contribution in [1.29, 1.82) is 0 Å². The number of methoxy groups -OCH3 is 2. The summed E-state index contributed by atoms with van der Waals surface area (Å²) < 4.78 is 9.88. The van der Waals surface area contributed by atoms with Crippen LogP contribution in [0.5, 0.6) is 0 Å². The SMILES string of the molecule is COC[C@H](C(=O)OC)C1CCCCC1. The Balaban J connectivity index is 2.50. The van der Waals surface area contributed by atoms with Gasteiger partial charge in [0.2, 0.25) is 0 Å². The molecule has 1 saturated carbocycles. The normalized spacial score (nSPS) is 20.4. The van der Waals surface area contributed by atoms with Crippen molar-refractivity contribution in [3.8, 4) is 0 Å². The molecule has 1 aliphatic rings. The van der Waals surface area contributed by atoms with Crippen molar-refractivity contribution < 1.29 is 14.3 Å². The fourth-order valence-corrected chi connectivity index (χ4v) is 2.26. The van der Waals surface area contributed by atoms with E-state index in [0.29, 0.717) is 12.5 Å². The van der Waals surface area contributed by atoms with E-state index in [1.165, 1.54) is 26.4 Å². The Morgan fingerprint density at radius 2 is 1.93 bits per heavy atom. The van der Waals surface area contributed by atoms with Gasteiger partial charge in [-0.2, -0.15) is 0 Å². The molecule has 0 saturated heterocycles. The Morgan fingerprint density at radius 3 is 2.43 bits per heavy atom. The lowest BCUT2D eigenvalue weighted by atomic mass is 9.80. The summed E-state index contributed by atoms with van der Waals surface area (Å²) in [6, 6.07) is 0. The second-order valence-corrected chi connectivity index (χ2v) is 3.98.